The molecule has 28 heavy (non-hydrogen) atoms. The molecule has 0 amide bonds. The van der Waals surface area contributed by atoms with Crippen LogP contribution in [0.5, 0.6) is 0 Å². The van der Waals surface area contributed by atoms with Crippen molar-refractivity contribution in [1.29, 1.82) is 0 Å². The lowest BCUT2D eigenvalue weighted by Crippen LogP contribution is -2.44. The number of hydrogen-bond donors (Lipinski definition) is 1. The number of imidazole rings is 1. The van der Waals surface area contributed by atoms with Gasteiger partial charge < -0.3 is 10.2 Å². The van der Waals surface area contributed by atoms with Gasteiger partial charge >= 0.3 is 5.69 Å². The average molecular weight is 382 g/mol. The molecule has 1 saturated heterocycles. The van der Waals surface area contributed by atoms with Gasteiger partial charge in [-0.2, -0.15) is 4.98 Å². The van der Waals surface area contributed by atoms with Crippen molar-refractivity contribution < 1.29 is 0 Å². The van der Waals surface area contributed by atoms with Crippen molar-refractivity contribution >= 4 is 17.1 Å². The average Bonchev–Trinajstić information content (AvgIpc) is 3.07. The van der Waals surface area contributed by atoms with Gasteiger partial charge in [-0.05, 0) is 25.0 Å². The molecule has 2 aromatic heterocycles. The topological polar surface area (TPSA) is 77.1 Å². The molecule has 0 radical (unpaired) electrons. The molecule has 0 saturated carbocycles. The van der Waals surface area contributed by atoms with Crippen molar-refractivity contribution in [3.8, 4) is 0 Å². The Kier molecular flexibility index (Phi) is 4.58. The first-order valence-electron chi connectivity index (χ1n) is 9.56. The van der Waals surface area contributed by atoms with Crippen LogP contribution in [-0.2, 0) is 20.6 Å². The Morgan fingerprint density at radius 1 is 1.07 bits per heavy atom. The summed E-state index contributed by atoms with van der Waals surface area (Å²) in [5, 5.41) is 3.35. The molecule has 3 heterocycles. The molecule has 1 aliphatic rings. The molecule has 0 atom stereocenters. The zero-order valence-corrected chi connectivity index (χ0v) is 16.8. The van der Waals surface area contributed by atoms with Crippen molar-refractivity contribution in [2.45, 2.75) is 20.4 Å². The SMILES string of the molecule is Cc1ccc(C)c(Cn2c(N3CCNCC3)nc3c2c(=O)n(C)c(=O)n3C)c1. The molecule has 4 rings (SSSR count). The number of anilines is 1. The third-order valence-electron chi connectivity index (χ3n) is 5.56. The summed E-state index contributed by atoms with van der Waals surface area (Å²) in [6.45, 7) is 8.03. The van der Waals surface area contributed by atoms with E-state index >= 15 is 0 Å². The number of benzene rings is 1. The predicted octanol–water partition coefficient (Wildman–Crippen LogP) is 0.508. The second kappa shape index (κ2) is 6.94. The third kappa shape index (κ3) is 2.93. The summed E-state index contributed by atoms with van der Waals surface area (Å²) >= 11 is 0. The van der Waals surface area contributed by atoms with Gasteiger partial charge in [0.2, 0.25) is 5.95 Å². The first-order chi connectivity index (χ1) is 13.4. The summed E-state index contributed by atoms with van der Waals surface area (Å²) < 4.78 is 4.59. The van der Waals surface area contributed by atoms with Crippen molar-refractivity contribution in [3.63, 3.8) is 0 Å². The number of aromatic nitrogens is 4. The second-order valence-corrected chi connectivity index (χ2v) is 7.54. The van der Waals surface area contributed by atoms with E-state index in [1.165, 1.54) is 22.7 Å². The summed E-state index contributed by atoms with van der Waals surface area (Å²) in [6.07, 6.45) is 0. The molecule has 8 nitrogen and oxygen atoms in total. The van der Waals surface area contributed by atoms with E-state index < -0.39 is 0 Å². The second-order valence-electron chi connectivity index (χ2n) is 7.54. The van der Waals surface area contributed by atoms with Gasteiger partial charge in [0.25, 0.3) is 5.56 Å². The normalized spacial score (nSPS) is 14.8. The van der Waals surface area contributed by atoms with Gasteiger partial charge in [0.1, 0.15) is 0 Å². The van der Waals surface area contributed by atoms with Gasteiger partial charge in [-0.25, -0.2) is 4.79 Å². The smallest absolute Gasteiger partial charge is 0.332 e. The number of piperazine rings is 1. The fraction of sp³-hybridized carbons (Fsp3) is 0.450. The predicted molar refractivity (Wildman–Crippen MR) is 110 cm³/mol. The molecular weight excluding hydrogens is 356 g/mol. The Hall–Kier alpha value is -2.87. The number of nitrogens with zero attached hydrogens (tertiary/aromatic N) is 5. The first-order valence-corrected chi connectivity index (χ1v) is 9.56. The fourth-order valence-electron chi connectivity index (χ4n) is 3.83. The summed E-state index contributed by atoms with van der Waals surface area (Å²) in [4.78, 5) is 32.4. The zero-order valence-electron chi connectivity index (χ0n) is 16.8. The Balaban J connectivity index is 1.99. The van der Waals surface area contributed by atoms with Crippen molar-refractivity contribution in [1.82, 2.24) is 24.0 Å². The highest BCUT2D eigenvalue weighted by Gasteiger charge is 2.24. The maximum atomic E-state index is 13.0. The fourth-order valence-corrected chi connectivity index (χ4v) is 3.83. The molecule has 0 aliphatic carbocycles. The van der Waals surface area contributed by atoms with Gasteiger partial charge in [0.05, 0.1) is 6.54 Å². The van der Waals surface area contributed by atoms with Crippen molar-refractivity contribution in [2.24, 2.45) is 14.1 Å². The van der Waals surface area contributed by atoms with Crippen LogP contribution in [0.2, 0.25) is 0 Å². The van der Waals surface area contributed by atoms with Crippen LogP contribution < -0.4 is 21.5 Å². The van der Waals surface area contributed by atoms with Crippen molar-refractivity contribution in [2.75, 3.05) is 31.1 Å². The molecule has 8 heteroatoms. The van der Waals surface area contributed by atoms with Crippen LogP contribution in [0.4, 0.5) is 5.95 Å². The number of fused-ring (bicyclic) bond motifs is 1. The number of rotatable bonds is 3. The molecule has 0 bridgehead atoms. The lowest BCUT2D eigenvalue weighted by molar-refractivity contribution is 0.571. The number of hydrogen-bond acceptors (Lipinski definition) is 5. The lowest BCUT2D eigenvalue weighted by Gasteiger charge is -2.29. The van der Waals surface area contributed by atoms with E-state index in [-0.39, 0.29) is 11.2 Å². The Labute approximate surface area is 163 Å². The van der Waals surface area contributed by atoms with E-state index in [2.05, 4.69) is 42.3 Å². The van der Waals surface area contributed by atoms with E-state index in [0.29, 0.717) is 17.7 Å². The lowest BCUT2D eigenvalue weighted by atomic mass is 10.1. The van der Waals surface area contributed by atoms with E-state index in [1.807, 2.05) is 4.57 Å². The quantitative estimate of drug-likeness (QED) is 0.714. The van der Waals surface area contributed by atoms with Crippen LogP contribution in [0, 0.1) is 13.8 Å². The van der Waals surface area contributed by atoms with E-state index in [9.17, 15) is 9.59 Å². The minimum Gasteiger partial charge on any atom is -0.340 e. The highest BCUT2D eigenvalue weighted by molar-refractivity contribution is 5.75. The maximum absolute atomic E-state index is 13.0. The summed E-state index contributed by atoms with van der Waals surface area (Å²) in [5.41, 5.74) is 3.73. The molecular formula is C20H26N6O2. The van der Waals surface area contributed by atoms with Crippen molar-refractivity contribution in [3.05, 3.63) is 55.7 Å². The molecule has 0 unspecified atom stereocenters. The molecule has 148 valence electrons. The Bertz CT molecular complexity index is 1160. The Morgan fingerprint density at radius 3 is 2.50 bits per heavy atom. The molecule has 0 spiro atoms. The summed E-state index contributed by atoms with van der Waals surface area (Å²) in [6, 6.07) is 6.34. The van der Waals surface area contributed by atoms with Crippen LogP contribution in [0.15, 0.2) is 27.8 Å². The van der Waals surface area contributed by atoms with Crippen LogP contribution >= 0.6 is 0 Å². The maximum Gasteiger partial charge on any atom is 0.332 e. The minimum atomic E-state index is -0.360. The minimum absolute atomic E-state index is 0.308. The number of nitrogens with one attached hydrogen (secondary N) is 1. The highest BCUT2D eigenvalue weighted by atomic mass is 16.2. The molecule has 1 N–H and O–H groups in total. The van der Waals surface area contributed by atoms with Gasteiger partial charge in [0, 0.05) is 40.3 Å². The van der Waals surface area contributed by atoms with Gasteiger partial charge in [-0.1, -0.05) is 23.8 Å². The van der Waals surface area contributed by atoms with Crippen LogP contribution in [0.1, 0.15) is 16.7 Å². The van der Waals surface area contributed by atoms with E-state index in [1.54, 1.807) is 7.05 Å². The monoisotopic (exact) mass is 382 g/mol. The third-order valence-corrected chi connectivity index (χ3v) is 5.56. The molecule has 3 aromatic rings. The van der Waals surface area contributed by atoms with E-state index in [4.69, 9.17) is 4.98 Å². The highest BCUT2D eigenvalue weighted by Crippen LogP contribution is 2.23. The molecule has 1 aliphatic heterocycles. The number of aryl methyl sites for hydroxylation is 3. The van der Waals surface area contributed by atoms with Crippen LogP contribution in [0.3, 0.4) is 0 Å². The summed E-state index contributed by atoms with van der Waals surface area (Å²) in [5.74, 6) is 0.746. The standard InChI is InChI=1S/C20H26N6O2/c1-13-5-6-14(2)15(11-13)12-26-16-17(23(3)20(28)24(4)18(16)27)22-19(26)25-9-7-21-8-10-25/h5-6,11,21H,7-10,12H2,1-4H3. The van der Waals surface area contributed by atoms with Gasteiger partial charge in [-0.15, -0.1) is 0 Å². The van der Waals surface area contributed by atoms with Gasteiger partial charge in [-0.3, -0.25) is 18.5 Å². The van der Waals surface area contributed by atoms with E-state index in [0.717, 1.165) is 42.3 Å². The zero-order chi connectivity index (χ0) is 20.0. The van der Waals surface area contributed by atoms with Gasteiger partial charge in [0.15, 0.2) is 11.2 Å². The Morgan fingerprint density at radius 2 is 1.79 bits per heavy atom. The largest absolute Gasteiger partial charge is 0.340 e. The van der Waals surface area contributed by atoms with Crippen LogP contribution in [0.25, 0.3) is 11.2 Å². The van der Waals surface area contributed by atoms with Crippen LogP contribution in [-0.4, -0.2) is 44.9 Å². The molecule has 1 aromatic carbocycles. The molecule has 1 fully saturated rings. The first kappa shape index (κ1) is 18.5. The summed E-state index contributed by atoms with van der Waals surface area (Å²) in [7, 11) is 3.19.